The van der Waals surface area contributed by atoms with Crippen molar-refractivity contribution < 1.29 is 4.74 Å². The zero-order chi connectivity index (χ0) is 12.9. The molecule has 1 heterocycles. The minimum Gasteiger partial charge on any atom is -0.372 e. The first-order valence-electron chi connectivity index (χ1n) is 6.89. The zero-order valence-corrected chi connectivity index (χ0v) is 12.2. The lowest BCUT2D eigenvalue weighted by Gasteiger charge is -2.13. The lowest BCUT2D eigenvalue weighted by Crippen LogP contribution is -2.16. The van der Waals surface area contributed by atoms with Crippen molar-refractivity contribution in [1.82, 2.24) is 5.32 Å². The van der Waals surface area contributed by atoms with E-state index < -0.39 is 0 Å². The number of hydrogen-bond donors (Lipinski definition) is 1. The maximum absolute atomic E-state index is 5.99. The first-order valence-corrected chi connectivity index (χ1v) is 6.89. The van der Waals surface area contributed by atoms with Gasteiger partial charge in [-0.3, -0.25) is 0 Å². The molecule has 2 aromatic rings. The Balaban J connectivity index is 0.00000147. The van der Waals surface area contributed by atoms with Crippen LogP contribution in [0.25, 0.3) is 11.1 Å². The van der Waals surface area contributed by atoms with Gasteiger partial charge in [-0.15, -0.1) is 12.4 Å². The summed E-state index contributed by atoms with van der Waals surface area (Å²) in [6.45, 7) is 2.75. The number of ether oxygens (including phenoxy) is 1. The average molecular weight is 290 g/mol. The highest BCUT2D eigenvalue weighted by molar-refractivity contribution is 5.85. The average Bonchev–Trinajstić information content (AvgIpc) is 3.00. The van der Waals surface area contributed by atoms with Crippen molar-refractivity contribution in [3.63, 3.8) is 0 Å². The van der Waals surface area contributed by atoms with Crippen LogP contribution < -0.4 is 5.32 Å². The SMILES string of the molecule is Cl.c1ccc(-c2ccccc2COC2CCNC2)cc1. The fraction of sp³-hybridized carbons (Fsp3) is 0.294. The molecule has 1 atom stereocenters. The van der Waals surface area contributed by atoms with E-state index in [9.17, 15) is 0 Å². The summed E-state index contributed by atoms with van der Waals surface area (Å²) in [6, 6.07) is 19.0. The Morgan fingerprint density at radius 1 is 1.00 bits per heavy atom. The van der Waals surface area contributed by atoms with E-state index in [0.717, 1.165) is 19.5 Å². The molecule has 1 unspecified atom stereocenters. The van der Waals surface area contributed by atoms with Gasteiger partial charge in [0, 0.05) is 6.54 Å². The van der Waals surface area contributed by atoms with Crippen LogP contribution in [0.1, 0.15) is 12.0 Å². The number of benzene rings is 2. The fourth-order valence-electron chi connectivity index (χ4n) is 2.52. The van der Waals surface area contributed by atoms with Gasteiger partial charge in [-0.2, -0.15) is 0 Å². The lowest BCUT2D eigenvalue weighted by atomic mass is 10.0. The van der Waals surface area contributed by atoms with Crippen LogP contribution in [0, 0.1) is 0 Å². The van der Waals surface area contributed by atoms with Crippen LogP contribution in [0.5, 0.6) is 0 Å². The molecule has 1 aliphatic rings. The van der Waals surface area contributed by atoms with Gasteiger partial charge in [-0.1, -0.05) is 54.6 Å². The molecule has 1 fully saturated rings. The van der Waals surface area contributed by atoms with Crippen molar-refractivity contribution >= 4 is 12.4 Å². The van der Waals surface area contributed by atoms with Gasteiger partial charge in [-0.25, -0.2) is 0 Å². The van der Waals surface area contributed by atoms with Crippen LogP contribution in [-0.4, -0.2) is 19.2 Å². The van der Waals surface area contributed by atoms with E-state index in [4.69, 9.17) is 4.74 Å². The molecule has 2 nitrogen and oxygen atoms in total. The van der Waals surface area contributed by atoms with Crippen molar-refractivity contribution in [2.45, 2.75) is 19.1 Å². The van der Waals surface area contributed by atoms with Gasteiger partial charge in [-0.05, 0) is 29.7 Å². The molecule has 0 spiro atoms. The van der Waals surface area contributed by atoms with Gasteiger partial charge in [0.2, 0.25) is 0 Å². The van der Waals surface area contributed by atoms with E-state index in [0.29, 0.717) is 12.7 Å². The van der Waals surface area contributed by atoms with Crippen LogP contribution >= 0.6 is 12.4 Å². The van der Waals surface area contributed by atoms with E-state index in [1.54, 1.807) is 0 Å². The van der Waals surface area contributed by atoms with Crippen molar-refractivity contribution in [1.29, 1.82) is 0 Å². The largest absolute Gasteiger partial charge is 0.372 e. The predicted octanol–water partition coefficient (Wildman–Crippen LogP) is 3.65. The Bertz CT molecular complexity index is 524. The highest BCUT2D eigenvalue weighted by Gasteiger charge is 2.15. The van der Waals surface area contributed by atoms with Crippen LogP contribution in [0.3, 0.4) is 0 Å². The van der Waals surface area contributed by atoms with Crippen LogP contribution in [0.15, 0.2) is 54.6 Å². The summed E-state index contributed by atoms with van der Waals surface area (Å²) in [4.78, 5) is 0. The highest BCUT2D eigenvalue weighted by atomic mass is 35.5. The van der Waals surface area contributed by atoms with E-state index >= 15 is 0 Å². The molecule has 3 heteroatoms. The molecule has 0 radical (unpaired) electrons. The van der Waals surface area contributed by atoms with Gasteiger partial charge >= 0.3 is 0 Å². The van der Waals surface area contributed by atoms with Crippen LogP contribution in [0.2, 0.25) is 0 Å². The van der Waals surface area contributed by atoms with Gasteiger partial charge < -0.3 is 10.1 Å². The zero-order valence-electron chi connectivity index (χ0n) is 11.4. The lowest BCUT2D eigenvalue weighted by molar-refractivity contribution is 0.0545. The maximum Gasteiger partial charge on any atom is 0.0727 e. The number of halogens is 1. The Hall–Kier alpha value is -1.35. The molecule has 0 aromatic heterocycles. The summed E-state index contributed by atoms with van der Waals surface area (Å²) in [5, 5.41) is 3.33. The summed E-state index contributed by atoms with van der Waals surface area (Å²) < 4.78 is 5.99. The first kappa shape index (κ1) is 15.0. The molecule has 0 amide bonds. The van der Waals surface area contributed by atoms with Crippen LogP contribution in [0.4, 0.5) is 0 Å². The minimum absolute atomic E-state index is 0. The van der Waals surface area contributed by atoms with Crippen molar-refractivity contribution in [3.8, 4) is 11.1 Å². The first-order chi connectivity index (χ1) is 9.43. The van der Waals surface area contributed by atoms with E-state index in [1.807, 2.05) is 6.07 Å². The number of nitrogens with one attached hydrogen (secondary N) is 1. The standard InChI is InChI=1S/C17H19NO.ClH/c1-2-6-14(7-3-1)17-9-5-4-8-15(17)13-19-16-10-11-18-12-16;/h1-9,16,18H,10-13H2;1H. The maximum atomic E-state index is 5.99. The fourth-order valence-corrected chi connectivity index (χ4v) is 2.52. The quantitative estimate of drug-likeness (QED) is 0.927. The molecular weight excluding hydrogens is 270 g/mol. The summed E-state index contributed by atoms with van der Waals surface area (Å²) in [5.74, 6) is 0. The monoisotopic (exact) mass is 289 g/mol. The molecule has 0 bridgehead atoms. The smallest absolute Gasteiger partial charge is 0.0727 e. The third-order valence-electron chi connectivity index (χ3n) is 3.59. The summed E-state index contributed by atoms with van der Waals surface area (Å²) in [5.41, 5.74) is 3.79. The highest BCUT2D eigenvalue weighted by Crippen LogP contribution is 2.24. The summed E-state index contributed by atoms with van der Waals surface area (Å²) >= 11 is 0. The topological polar surface area (TPSA) is 21.3 Å². The number of hydrogen-bond acceptors (Lipinski definition) is 2. The van der Waals surface area contributed by atoms with Crippen LogP contribution in [-0.2, 0) is 11.3 Å². The molecule has 3 rings (SSSR count). The molecule has 0 aliphatic carbocycles. The molecule has 0 saturated carbocycles. The van der Waals surface area contributed by atoms with Gasteiger partial charge in [0.05, 0.1) is 12.7 Å². The van der Waals surface area contributed by atoms with E-state index in [1.165, 1.54) is 16.7 Å². The number of rotatable bonds is 4. The molecule has 1 saturated heterocycles. The van der Waals surface area contributed by atoms with Crippen molar-refractivity contribution in [2.75, 3.05) is 13.1 Å². The predicted molar refractivity (Wildman–Crippen MR) is 85.2 cm³/mol. The minimum atomic E-state index is 0. The Morgan fingerprint density at radius 2 is 1.75 bits per heavy atom. The van der Waals surface area contributed by atoms with E-state index in [2.05, 4.69) is 53.8 Å². The molecule has 106 valence electrons. The molecule has 2 aromatic carbocycles. The summed E-state index contributed by atoms with van der Waals surface area (Å²) in [6.07, 6.45) is 1.48. The molecular formula is C17H20ClNO. The van der Waals surface area contributed by atoms with Gasteiger partial charge in [0.1, 0.15) is 0 Å². The second-order valence-electron chi connectivity index (χ2n) is 4.95. The molecule has 20 heavy (non-hydrogen) atoms. The second-order valence-corrected chi connectivity index (χ2v) is 4.95. The van der Waals surface area contributed by atoms with Crippen molar-refractivity contribution in [2.24, 2.45) is 0 Å². The Labute approximate surface area is 126 Å². The Morgan fingerprint density at radius 3 is 2.50 bits per heavy atom. The third kappa shape index (κ3) is 3.60. The Kier molecular flexibility index (Phi) is 5.60. The molecule has 1 N–H and O–H groups in total. The molecule has 1 aliphatic heterocycles. The van der Waals surface area contributed by atoms with Crippen molar-refractivity contribution in [3.05, 3.63) is 60.2 Å². The van der Waals surface area contributed by atoms with Gasteiger partial charge in [0.15, 0.2) is 0 Å². The summed E-state index contributed by atoms with van der Waals surface area (Å²) in [7, 11) is 0. The van der Waals surface area contributed by atoms with Gasteiger partial charge in [0.25, 0.3) is 0 Å². The third-order valence-corrected chi connectivity index (χ3v) is 3.59. The van der Waals surface area contributed by atoms with E-state index in [-0.39, 0.29) is 12.4 Å². The normalized spacial score (nSPS) is 17.7. The second kappa shape index (κ2) is 7.44.